The molecule has 0 radical (unpaired) electrons. The second-order valence-corrected chi connectivity index (χ2v) is 7.68. The fraction of sp³-hybridized carbons (Fsp3) is 0.700. The number of nitrogens with one attached hydrogen (secondary N) is 2. The maximum absolute atomic E-state index is 13.0. The molecule has 3 heterocycles. The maximum Gasteiger partial charge on any atom is 0.255 e. The summed E-state index contributed by atoms with van der Waals surface area (Å²) in [6, 6.07) is 1.98. The molecule has 1 aromatic rings. The van der Waals surface area contributed by atoms with Gasteiger partial charge in [0, 0.05) is 37.6 Å². The third-order valence-electron chi connectivity index (χ3n) is 5.87. The number of carbonyl (C=O) groups is 2. The number of aromatic nitrogens is 1. The fourth-order valence-corrected chi connectivity index (χ4v) is 4.37. The van der Waals surface area contributed by atoms with Crippen molar-refractivity contribution >= 4 is 24.2 Å². The third kappa shape index (κ3) is 4.85. The zero-order chi connectivity index (χ0) is 18.7. The van der Waals surface area contributed by atoms with Crippen LogP contribution in [0.1, 0.15) is 54.4 Å². The van der Waals surface area contributed by atoms with Gasteiger partial charge in [-0.1, -0.05) is 0 Å². The molecule has 6 nitrogen and oxygen atoms in total. The number of halogens is 1. The molecule has 2 N–H and O–H groups in total. The predicted octanol–water partition coefficient (Wildman–Crippen LogP) is 2.27. The lowest BCUT2D eigenvalue weighted by atomic mass is 9.97. The summed E-state index contributed by atoms with van der Waals surface area (Å²) >= 11 is 0. The van der Waals surface area contributed by atoms with Crippen LogP contribution in [0.4, 0.5) is 0 Å². The molecule has 0 aliphatic carbocycles. The van der Waals surface area contributed by atoms with Crippen molar-refractivity contribution in [1.29, 1.82) is 0 Å². The molecule has 3 rings (SSSR count). The molecule has 2 fully saturated rings. The van der Waals surface area contributed by atoms with Gasteiger partial charge in [0.15, 0.2) is 0 Å². The van der Waals surface area contributed by atoms with Crippen molar-refractivity contribution in [2.24, 2.45) is 5.92 Å². The smallest absolute Gasteiger partial charge is 0.255 e. The number of likely N-dealkylation sites (tertiary alicyclic amines) is 1. The van der Waals surface area contributed by atoms with Gasteiger partial charge in [-0.05, 0) is 65.0 Å². The summed E-state index contributed by atoms with van der Waals surface area (Å²) in [5, 5.41) is 6.32. The highest BCUT2D eigenvalue weighted by Gasteiger charge is 2.28. The normalized spacial score (nSPS) is 22.4. The van der Waals surface area contributed by atoms with Crippen molar-refractivity contribution in [2.75, 3.05) is 26.2 Å². The lowest BCUT2D eigenvalue weighted by Gasteiger charge is -2.33. The monoisotopic (exact) mass is 396 g/mol. The van der Waals surface area contributed by atoms with E-state index in [0.717, 1.165) is 68.8 Å². The van der Waals surface area contributed by atoms with Crippen molar-refractivity contribution in [3.8, 4) is 0 Å². The van der Waals surface area contributed by atoms with Crippen molar-refractivity contribution in [3.05, 3.63) is 23.0 Å². The first-order chi connectivity index (χ1) is 12.5. The van der Waals surface area contributed by atoms with Crippen molar-refractivity contribution < 1.29 is 9.59 Å². The Morgan fingerprint density at radius 1 is 1.26 bits per heavy atom. The van der Waals surface area contributed by atoms with Gasteiger partial charge in [0.2, 0.25) is 5.91 Å². The molecule has 2 aliphatic heterocycles. The van der Waals surface area contributed by atoms with Crippen LogP contribution < -0.4 is 10.6 Å². The Morgan fingerprint density at radius 2 is 2.04 bits per heavy atom. The minimum Gasteiger partial charge on any atom is -0.354 e. The Kier molecular flexibility index (Phi) is 7.74. The van der Waals surface area contributed by atoms with E-state index in [0.29, 0.717) is 12.5 Å². The number of hydrogen-bond donors (Lipinski definition) is 2. The number of piperidine rings is 1. The van der Waals surface area contributed by atoms with Crippen LogP contribution in [-0.2, 0) is 11.3 Å². The average molecular weight is 397 g/mol. The maximum atomic E-state index is 13.0. The minimum absolute atomic E-state index is 0. The van der Waals surface area contributed by atoms with Gasteiger partial charge in [-0.25, -0.2) is 0 Å². The van der Waals surface area contributed by atoms with Gasteiger partial charge in [0.25, 0.3) is 5.91 Å². The minimum atomic E-state index is -0.0317. The summed E-state index contributed by atoms with van der Waals surface area (Å²) in [6.07, 6.45) is 4.06. The van der Waals surface area contributed by atoms with E-state index in [4.69, 9.17) is 0 Å². The molecule has 2 amide bonds. The van der Waals surface area contributed by atoms with E-state index in [9.17, 15) is 9.59 Å². The van der Waals surface area contributed by atoms with E-state index in [1.807, 2.05) is 17.9 Å². The van der Waals surface area contributed by atoms with Gasteiger partial charge >= 0.3 is 0 Å². The molecule has 0 bridgehead atoms. The molecule has 2 atom stereocenters. The second-order valence-electron chi connectivity index (χ2n) is 7.68. The van der Waals surface area contributed by atoms with Gasteiger partial charge in [0.1, 0.15) is 0 Å². The zero-order valence-corrected chi connectivity index (χ0v) is 17.5. The van der Waals surface area contributed by atoms with Crippen molar-refractivity contribution in [2.45, 2.75) is 59.0 Å². The SMILES string of the molecule is CCn1c(C)cc(C(=O)N2CCCC(CNC(=O)C3CCCN3)C2)c1C.Cl. The number of carbonyl (C=O) groups excluding carboxylic acids is 2. The van der Waals surface area contributed by atoms with Crippen molar-refractivity contribution in [3.63, 3.8) is 0 Å². The number of hydrogen-bond acceptors (Lipinski definition) is 3. The van der Waals surface area contributed by atoms with E-state index < -0.39 is 0 Å². The highest BCUT2D eigenvalue weighted by Crippen LogP contribution is 2.22. The van der Waals surface area contributed by atoms with E-state index >= 15 is 0 Å². The number of nitrogens with zero attached hydrogens (tertiary/aromatic N) is 2. The first-order valence-electron chi connectivity index (χ1n) is 9.98. The average Bonchev–Trinajstić information content (AvgIpc) is 3.27. The van der Waals surface area contributed by atoms with Crippen LogP contribution >= 0.6 is 12.4 Å². The van der Waals surface area contributed by atoms with Crippen LogP contribution in [0.5, 0.6) is 0 Å². The van der Waals surface area contributed by atoms with E-state index in [2.05, 4.69) is 29.0 Å². The summed E-state index contributed by atoms with van der Waals surface area (Å²) < 4.78 is 2.18. The summed E-state index contributed by atoms with van der Waals surface area (Å²) in [6.45, 7) is 10.2. The molecule has 2 unspecified atom stereocenters. The van der Waals surface area contributed by atoms with Gasteiger partial charge in [-0.15, -0.1) is 12.4 Å². The molecule has 27 heavy (non-hydrogen) atoms. The predicted molar refractivity (Wildman–Crippen MR) is 109 cm³/mol. The molecular weight excluding hydrogens is 364 g/mol. The zero-order valence-electron chi connectivity index (χ0n) is 16.7. The van der Waals surface area contributed by atoms with Gasteiger partial charge in [0.05, 0.1) is 11.6 Å². The van der Waals surface area contributed by atoms with Crippen LogP contribution in [0, 0.1) is 19.8 Å². The molecular formula is C20H33ClN4O2. The standard InChI is InChI=1S/C20H32N4O2.ClH/c1-4-24-14(2)11-17(15(24)3)20(26)23-10-6-7-16(13-23)12-22-19(25)18-8-5-9-21-18;/h11,16,18,21H,4-10,12-13H2,1-3H3,(H,22,25);1H. The Hall–Kier alpha value is -1.53. The molecule has 1 aromatic heterocycles. The summed E-state index contributed by atoms with van der Waals surface area (Å²) in [5.74, 6) is 0.580. The van der Waals surface area contributed by atoms with Crippen LogP contribution in [0.25, 0.3) is 0 Å². The molecule has 7 heteroatoms. The summed E-state index contributed by atoms with van der Waals surface area (Å²) in [4.78, 5) is 27.2. The highest BCUT2D eigenvalue weighted by atomic mass is 35.5. The van der Waals surface area contributed by atoms with Gasteiger partial charge < -0.3 is 20.1 Å². The van der Waals surface area contributed by atoms with Crippen LogP contribution in [-0.4, -0.2) is 53.5 Å². The molecule has 152 valence electrons. The lowest BCUT2D eigenvalue weighted by Crippen LogP contribution is -2.46. The number of aryl methyl sites for hydroxylation is 1. The molecule has 0 spiro atoms. The van der Waals surface area contributed by atoms with E-state index in [-0.39, 0.29) is 30.3 Å². The van der Waals surface area contributed by atoms with E-state index in [1.165, 1.54) is 0 Å². The Balaban J connectivity index is 0.00000261. The second kappa shape index (κ2) is 9.60. The van der Waals surface area contributed by atoms with Crippen LogP contribution in [0.2, 0.25) is 0 Å². The Morgan fingerprint density at radius 3 is 2.67 bits per heavy atom. The first kappa shape index (κ1) is 21.8. The van der Waals surface area contributed by atoms with Gasteiger partial charge in [-0.2, -0.15) is 0 Å². The van der Waals surface area contributed by atoms with Crippen LogP contribution in [0.15, 0.2) is 6.07 Å². The largest absolute Gasteiger partial charge is 0.354 e. The molecule has 0 saturated carbocycles. The molecule has 2 saturated heterocycles. The third-order valence-corrected chi connectivity index (χ3v) is 5.87. The first-order valence-corrected chi connectivity index (χ1v) is 9.98. The van der Waals surface area contributed by atoms with E-state index in [1.54, 1.807) is 0 Å². The van der Waals surface area contributed by atoms with Gasteiger partial charge in [-0.3, -0.25) is 9.59 Å². The quantitative estimate of drug-likeness (QED) is 0.802. The summed E-state index contributed by atoms with van der Waals surface area (Å²) in [7, 11) is 0. The lowest BCUT2D eigenvalue weighted by molar-refractivity contribution is -0.123. The Labute approximate surface area is 168 Å². The summed E-state index contributed by atoms with van der Waals surface area (Å²) in [5.41, 5.74) is 3.01. The Bertz CT molecular complexity index is 667. The fourth-order valence-electron chi connectivity index (χ4n) is 4.37. The number of amides is 2. The van der Waals surface area contributed by atoms with Crippen LogP contribution in [0.3, 0.4) is 0 Å². The van der Waals surface area contributed by atoms with Crippen molar-refractivity contribution in [1.82, 2.24) is 20.1 Å². The molecule has 0 aromatic carbocycles. The highest BCUT2D eigenvalue weighted by molar-refractivity contribution is 5.95. The number of rotatable bonds is 5. The molecule has 2 aliphatic rings. The topological polar surface area (TPSA) is 66.4 Å².